The summed E-state index contributed by atoms with van der Waals surface area (Å²) in [6.07, 6.45) is -1.14. The van der Waals surface area contributed by atoms with Gasteiger partial charge < -0.3 is 4.74 Å². The van der Waals surface area contributed by atoms with Crippen molar-refractivity contribution < 1.29 is 39.9 Å². The Morgan fingerprint density at radius 2 is 1.51 bits per heavy atom. The fourth-order valence-electron chi connectivity index (χ4n) is 4.95. The summed E-state index contributed by atoms with van der Waals surface area (Å²) in [5.74, 6) is -10.2. The molecule has 0 saturated carbocycles. The van der Waals surface area contributed by atoms with E-state index in [1.165, 1.54) is 29.5 Å². The molecule has 0 N–H and O–H groups in total. The largest absolute Gasteiger partial charge is 0.432 e. The Hall–Kier alpha value is -4.77. The number of allylic oxidation sites excluding steroid dienone is 1. The molecule has 228 valence electrons. The Balaban J connectivity index is 1.30. The molecule has 0 saturated heterocycles. The van der Waals surface area contributed by atoms with Crippen LogP contribution in [0.2, 0.25) is 0 Å². The maximum absolute atomic E-state index is 15.5. The van der Waals surface area contributed by atoms with Crippen LogP contribution >= 0.6 is 11.3 Å². The predicted octanol–water partition coefficient (Wildman–Crippen LogP) is 10.9. The molecule has 0 atom stereocenters. The molecule has 5 aromatic carbocycles. The van der Waals surface area contributed by atoms with Crippen LogP contribution in [-0.2, 0) is 12.5 Å². The van der Waals surface area contributed by atoms with E-state index in [4.69, 9.17) is 0 Å². The highest BCUT2D eigenvalue weighted by Gasteiger charge is 2.42. The predicted molar refractivity (Wildman–Crippen MR) is 157 cm³/mol. The van der Waals surface area contributed by atoms with Crippen LogP contribution in [0.4, 0.5) is 35.1 Å². The third kappa shape index (κ3) is 5.75. The minimum atomic E-state index is -4.60. The van der Waals surface area contributed by atoms with E-state index in [1.807, 2.05) is 24.3 Å². The highest BCUT2D eigenvalue weighted by atomic mass is 32.1. The molecular formula is C34H19F8NOS. The number of aromatic nitrogens is 1. The van der Waals surface area contributed by atoms with Crippen molar-refractivity contribution in [1.82, 2.24) is 4.98 Å². The van der Waals surface area contributed by atoms with Crippen molar-refractivity contribution in [2.45, 2.75) is 19.0 Å². The van der Waals surface area contributed by atoms with Crippen molar-refractivity contribution in [2.24, 2.45) is 0 Å². The molecule has 0 bridgehead atoms. The second-order valence-electron chi connectivity index (χ2n) is 10.1. The summed E-state index contributed by atoms with van der Waals surface area (Å²) in [6.45, 7) is 3.72. The first-order valence-corrected chi connectivity index (χ1v) is 14.2. The number of halogens is 8. The number of aryl methyl sites for hydroxylation is 1. The van der Waals surface area contributed by atoms with Crippen molar-refractivity contribution in [1.29, 1.82) is 0 Å². The SMILES string of the molecule is C=CCCc1ccc2nc(-c3ccc4c(F)c(C(F)(F)Oc5ccc(-c6cc(F)c(F)c(F)c6)c(F)c5)c(F)cc4c3)sc2c1. The number of benzene rings is 5. The Labute approximate surface area is 254 Å². The van der Waals surface area contributed by atoms with E-state index in [0.717, 1.165) is 46.8 Å². The smallest absolute Gasteiger partial charge is 0.429 e. The van der Waals surface area contributed by atoms with Gasteiger partial charge in [-0.25, -0.2) is 31.3 Å². The number of nitrogens with zero attached hydrogens (tertiary/aromatic N) is 1. The minimum absolute atomic E-state index is 0.00198. The van der Waals surface area contributed by atoms with Crippen LogP contribution in [0.5, 0.6) is 5.75 Å². The van der Waals surface area contributed by atoms with Gasteiger partial charge in [-0.2, -0.15) is 8.78 Å². The number of rotatable bonds is 8. The van der Waals surface area contributed by atoms with Crippen LogP contribution < -0.4 is 4.74 Å². The zero-order chi connectivity index (χ0) is 32.0. The van der Waals surface area contributed by atoms with Gasteiger partial charge in [0.1, 0.15) is 33.8 Å². The Bertz CT molecular complexity index is 2100. The van der Waals surface area contributed by atoms with Gasteiger partial charge in [0.2, 0.25) is 0 Å². The van der Waals surface area contributed by atoms with E-state index in [0.29, 0.717) is 28.8 Å². The summed E-state index contributed by atoms with van der Waals surface area (Å²) < 4.78 is 122. The van der Waals surface area contributed by atoms with Gasteiger partial charge in [-0.3, -0.25) is 0 Å². The Kier molecular flexibility index (Phi) is 7.82. The molecule has 0 amide bonds. The molecule has 11 heteroatoms. The summed E-state index contributed by atoms with van der Waals surface area (Å²) in [5.41, 5.74) is -0.183. The van der Waals surface area contributed by atoms with Gasteiger partial charge in [-0.15, -0.1) is 17.9 Å². The van der Waals surface area contributed by atoms with E-state index in [9.17, 15) is 17.6 Å². The maximum Gasteiger partial charge on any atom is 0.432 e. The standard InChI is InChI=1S/C34H19F8NOS/c1-2-3-4-17-5-10-28-29(11-17)45-33(43-28)18-6-8-23-19(12-18)13-25(36)30(31(23)39)34(41,42)44-21-7-9-22(24(35)16-21)20-14-26(37)32(40)27(38)15-20/h2,5-16H,1,3-4H2. The molecule has 0 aliphatic carbocycles. The minimum Gasteiger partial charge on any atom is -0.429 e. The summed E-state index contributed by atoms with van der Waals surface area (Å²) in [6, 6.07) is 13.9. The van der Waals surface area contributed by atoms with Crippen LogP contribution in [0.25, 0.3) is 42.7 Å². The highest BCUT2D eigenvalue weighted by molar-refractivity contribution is 7.21. The molecule has 1 heterocycles. The van der Waals surface area contributed by atoms with Crippen LogP contribution in [-0.4, -0.2) is 4.98 Å². The van der Waals surface area contributed by atoms with Crippen molar-refractivity contribution in [3.63, 3.8) is 0 Å². The maximum atomic E-state index is 15.5. The van der Waals surface area contributed by atoms with Crippen LogP contribution in [0.15, 0.2) is 85.5 Å². The fourth-order valence-corrected chi connectivity index (χ4v) is 5.98. The van der Waals surface area contributed by atoms with Gasteiger partial charge in [0.15, 0.2) is 17.5 Å². The molecule has 0 aliphatic heterocycles. The number of hydrogen-bond donors (Lipinski definition) is 0. The summed E-state index contributed by atoms with van der Waals surface area (Å²) in [4.78, 5) is 4.59. The normalized spacial score (nSPS) is 11.8. The number of ether oxygens (including phenoxy) is 1. The Morgan fingerprint density at radius 3 is 2.22 bits per heavy atom. The second-order valence-corrected chi connectivity index (χ2v) is 11.2. The van der Waals surface area contributed by atoms with Gasteiger partial charge >= 0.3 is 6.11 Å². The van der Waals surface area contributed by atoms with E-state index in [-0.39, 0.29) is 10.8 Å². The third-order valence-electron chi connectivity index (χ3n) is 7.14. The number of alkyl halides is 2. The first-order valence-electron chi connectivity index (χ1n) is 13.4. The van der Waals surface area contributed by atoms with Crippen LogP contribution in [0, 0.1) is 34.9 Å². The van der Waals surface area contributed by atoms with Crippen molar-refractivity contribution in [2.75, 3.05) is 0 Å². The lowest BCUT2D eigenvalue weighted by Crippen LogP contribution is -2.25. The molecule has 2 nitrogen and oxygen atoms in total. The first-order chi connectivity index (χ1) is 21.4. The lowest BCUT2D eigenvalue weighted by Gasteiger charge is -2.20. The molecule has 1 aromatic heterocycles. The van der Waals surface area contributed by atoms with Gasteiger partial charge in [0.05, 0.1) is 10.2 Å². The monoisotopic (exact) mass is 641 g/mol. The molecule has 6 rings (SSSR count). The molecule has 0 spiro atoms. The topological polar surface area (TPSA) is 22.1 Å². The van der Waals surface area contributed by atoms with E-state index >= 15 is 17.6 Å². The first kappa shape index (κ1) is 30.3. The lowest BCUT2D eigenvalue weighted by atomic mass is 10.0. The van der Waals surface area contributed by atoms with Gasteiger partial charge in [-0.1, -0.05) is 24.3 Å². The fraction of sp³-hybridized carbons (Fsp3) is 0.0882. The third-order valence-corrected chi connectivity index (χ3v) is 8.21. The molecule has 0 radical (unpaired) electrons. The molecular weight excluding hydrogens is 622 g/mol. The number of thiazole rings is 1. The summed E-state index contributed by atoms with van der Waals surface area (Å²) >= 11 is 1.38. The van der Waals surface area contributed by atoms with Crippen molar-refractivity contribution >= 4 is 32.3 Å². The van der Waals surface area contributed by atoms with Gasteiger partial charge in [-0.05, 0) is 77.9 Å². The molecule has 45 heavy (non-hydrogen) atoms. The average Bonchev–Trinajstić information content (AvgIpc) is 3.41. The zero-order valence-electron chi connectivity index (χ0n) is 22.9. The highest BCUT2D eigenvalue weighted by Crippen LogP contribution is 2.40. The number of hydrogen-bond acceptors (Lipinski definition) is 3. The summed E-state index contributed by atoms with van der Waals surface area (Å²) in [5, 5.41) is 0.262. The van der Waals surface area contributed by atoms with E-state index < -0.39 is 63.5 Å². The zero-order valence-corrected chi connectivity index (χ0v) is 23.7. The quantitative estimate of drug-likeness (QED) is 0.0937. The lowest BCUT2D eigenvalue weighted by molar-refractivity contribution is -0.189. The van der Waals surface area contributed by atoms with E-state index in [2.05, 4.69) is 16.3 Å². The van der Waals surface area contributed by atoms with E-state index in [1.54, 1.807) is 0 Å². The van der Waals surface area contributed by atoms with Crippen LogP contribution in [0.3, 0.4) is 0 Å². The van der Waals surface area contributed by atoms with Crippen molar-refractivity contribution in [3.8, 4) is 27.4 Å². The molecule has 0 aliphatic rings. The van der Waals surface area contributed by atoms with Crippen LogP contribution in [0.1, 0.15) is 17.5 Å². The Morgan fingerprint density at radius 1 is 0.756 bits per heavy atom. The molecule has 0 unspecified atom stereocenters. The summed E-state index contributed by atoms with van der Waals surface area (Å²) in [7, 11) is 0. The average molecular weight is 642 g/mol. The van der Waals surface area contributed by atoms with Crippen molar-refractivity contribution in [3.05, 3.63) is 131 Å². The second kappa shape index (κ2) is 11.6. The van der Waals surface area contributed by atoms with Gasteiger partial charge in [0.25, 0.3) is 0 Å². The molecule has 6 aromatic rings. The number of fused-ring (bicyclic) bond motifs is 2. The molecule has 0 fully saturated rings. The van der Waals surface area contributed by atoms with Gasteiger partial charge in [0, 0.05) is 22.6 Å².